The zero-order valence-electron chi connectivity index (χ0n) is 11.6. The predicted molar refractivity (Wildman–Crippen MR) is 72.1 cm³/mol. The normalized spacial score (nSPS) is 16.3. The quantitative estimate of drug-likeness (QED) is 0.881. The van der Waals surface area contributed by atoms with Gasteiger partial charge in [0.25, 0.3) is 0 Å². The van der Waals surface area contributed by atoms with E-state index in [1.54, 1.807) is 11.1 Å². The lowest BCUT2D eigenvalue weighted by Crippen LogP contribution is -2.42. The molecule has 1 aliphatic rings. The first kappa shape index (κ1) is 13.6. The van der Waals surface area contributed by atoms with E-state index in [-0.39, 0.29) is 6.09 Å². The number of nitrogens with one attached hydrogen (secondary N) is 1. The van der Waals surface area contributed by atoms with Gasteiger partial charge in [-0.05, 0) is 26.7 Å². The Labute approximate surface area is 113 Å². The van der Waals surface area contributed by atoms with Gasteiger partial charge in [-0.1, -0.05) is 0 Å². The number of carbonyl (C=O) groups is 1. The van der Waals surface area contributed by atoms with Crippen LogP contribution in [0.3, 0.4) is 0 Å². The summed E-state index contributed by atoms with van der Waals surface area (Å²) in [6, 6.07) is 0.329. The van der Waals surface area contributed by atoms with Crippen molar-refractivity contribution in [1.29, 1.82) is 0 Å². The van der Waals surface area contributed by atoms with Gasteiger partial charge in [0.1, 0.15) is 5.82 Å². The number of hydrogen-bond donors (Lipinski definition) is 1. The topological polar surface area (TPSA) is 67.3 Å². The minimum absolute atomic E-state index is 0.245. The molecule has 1 fully saturated rings. The van der Waals surface area contributed by atoms with Crippen molar-refractivity contribution < 1.29 is 9.53 Å². The number of piperidine rings is 1. The molecule has 0 aromatic carbocycles. The summed E-state index contributed by atoms with van der Waals surface area (Å²) in [6.07, 6.45) is 3.30. The van der Waals surface area contributed by atoms with Gasteiger partial charge in [0.05, 0.1) is 18.5 Å². The SMILES string of the molecule is COC(=O)N1CCC(Nc2nc(C)cnc2C)CC1. The summed E-state index contributed by atoms with van der Waals surface area (Å²) < 4.78 is 4.72. The van der Waals surface area contributed by atoms with Gasteiger partial charge in [-0.2, -0.15) is 0 Å². The molecular formula is C13H20N4O2. The van der Waals surface area contributed by atoms with Crippen LogP contribution in [-0.4, -0.2) is 47.2 Å². The Hall–Kier alpha value is -1.85. The number of nitrogens with zero attached hydrogens (tertiary/aromatic N) is 3. The fourth-order valence-corrected chi connectivity index (χ4v) is 2.20. The van der Waals surface area contributed by atoms with Gasteiger partial charge in [0.15, 0.2) is 0 Å². The van der Waals surface area contributed by atoms with Crippen molar-refractivity contribution in [3.05, 3.63) is 17.6 Å². The monoisotopic (exact) mass is 264 g/mol. The number of ether oxygens (including phenoxy) is 1. The number of carbonyl (C=O) groups excluding carboxylic acids is 1. The summed E-state index contributed by atoms with van der Waals surface area (Å²) in [5.41, 5.74) is 1.81. The van der Waals surface area contributed by atoms with Crippen LogP contribution >= 0.6 is 0 Å². The first-order valence-corrected chi connectivity index (χ1v) is 6.50. The summed E-state index contributed by atoms with van der Waals surface area (Å²) >= 11 is 0. The molecule has 1 N–H and O–H groups in total. The minimum Gasteiger partial charge on any atom is -0.453 e. The van der Waals surface area contributed by atoms with Crippen LogP contribution in [0.1, 0.15) is 24.2 Å². The van der Waals surface area contributed by atoms with Crippen molar-refractivity contribution in [2.75, 3.05) is 25.5 Å². The number of anilines is 1. The standard InChI is InChI=1S/C13H20N4O2/c1-9-8-14-10(2)12(15-9)16-11-4-6-17(7-5-11)13(18)19-3/h8,11H,4-7H2,1-3H3,(H,15,16). The number of aromatic nitrogens is 2. The molecule has 0 bridgehead atoms. The van der Waals surface area contributed by atoms with Crippen LogP contribution in [0.4, 0.5) is 10.6 Å². The number of aryl methyl sites for hydroxylation is 2. The highest BCUT2D eigenvalue weighted by Gasteiger charge is 2.23. The van der Waals surface area contributed by atoms with Crippen LogP contribution in [0, 0.1) is 13.8 Å². The Morgan fingerprint density at radius 3 is 2.74 bits per heavy atom. The molecule has 0 atom stereocenters. The van der Waals surface area contributed by atoms with Gasteiger partial charge in [-0.15, -0.1) is 0 Å². The van der Waals surface area contributed by atoms with Crippen LogP contribution in [0.5, 0.6) is 0 Å². The lowest BCUT2D eigenvalue weighted by molar-refractivity contribution is 0.113. The predicted octanol–water partition coefficient (Wildman–Crippen LogP) is 1.74. The highest BCUT2D eigenvalue weighted by Crippen LogP contribution is 2.17. The van der Waals surface area contributed by atoms with E-state index < -0.39 is 0 Å². The van der Waals surface area contributed by atoms with Crippen molar-refractivity contribution in [1.82, 2.24) is 14.9 Å². The Balaban J connectivity index is 1.92. The molecule has 1 saturated heterocycles. The van der Waals surface area contributed by atoms with E-state index in [9.17, 15) is 4.79 Å². The van der Waals surface area contributed by atoms with Crippen LogP contribution < -0.4 is 5.32 Å². The van der Waals surface area contributed by atoms with E-state index in [0.29, 0.717) is 19.1 Å². The molecule has 2 heterocycles. The summed E-state index contributed by atoms with van der Waals surface area (Å²) in [6.45, 7) is 5.29. The van der Waals surface area contributed by atoms with Crippen molar-refractivity contribution >= 4 is 11.9 Å². The second kappa shape index (κ2) is 5.86. The van der Waals surface area contributed by atoms with E-state index in [2.05, 4.69) is 15.3 Å². The molecule has 0 unspecified atom stereocenters. The van der Waals surface area contributed by atoms with E-state index in [1.165, 1.54) is 7.11 Å². The van der Waals surface area contributed by atoms with Crippen LogP contribution in [-0.2, 0) is 4.74 Å². The number of methoxy groups -OCH3 is 1. The largest absolute Gasteiger partial charge is 0.453 e. The van der Waals surface area contributed by atoms with Gasteiger partial charge in [-0.25, -0.2) is 9.78 Å². The Kier molecular flexibility index (Phi) is 4.19. The maximum absolute atomic E-state index is 11.4. The molecule has 19 heavy (non-hydrogen) atoms. The molecule has 1 aromatic heterocycles. The fourth-order valence-electron chi connectivity index (χ4n) is 2.20. The first-order chi connectivity index (χ1) is 9.10. The molecule has 104 valence electrons. The molecule has 1 aliphatic heterocycles. The molecule has 0 saturated carbocycles. The van der Waals surface area contributed by atoms with Crippen LogP contribution in [0.15, 0.2) is 6.20 Å². The van der Waals surface area contributed by atoms with Crippen molar-refractivity contribution in [2.45, 2.75) is 32.7 Å². The third-order valence-corrected chi connectivity index (χ3v) is 3.34. The lowest BCUT2D eigenvalue weighted by atomic mass is 10.1. The highest BCUT2D eigenvalue weighted by molar-refractivity contribution is 5.67. The number of rotatable bonds is 2. The summed E-state index contributed by atoms with van der Waals surface area (Å²) in [4.78, 5) is 21.9. The second-order valence-electron chi connectivity index (χ2n) is 4.82. The Morgan fingerprint density at radius 1 is 1.42 bits per heavy atom. The van der Waals surface area contributed by atoms with Crippen molar-refractivity contribution in [2.24, 2.45) is 0 Å². The number of likely N-dealkylation sites (tertiary alicyclic amines) is 1. The van der Waals surface area contributed by atoms with E-state index in [0.717, 1.165) is 30.0 Å². The maximum atomic E-state index is 11.4. The average molecular weight is 264 g/mol. The van der Waals surface area contributed by atoms with Gasteiger partial charge < -0.3 is 15.0 Å². The molecule has 6 nitrogen and oxygen atoms in total. The third-order valence-electron chi connectivity index (χ3n) is 3.34. The Bertz CT molecular complexity index is 456. The zero-order valence-corrected chi connectivity index (χ0v) is 11.6. The van der Waals surface area contributed by atoms with Gasteiger partial charge >= 0.3 is 6.09 Å². The summed E-state index contributed by atoms with van der Waals surface area (Å²) in [5, 5.41) is 3.42. The van der Waals surface area contributed by atoms with E-state index >= 15 is 0 Å². The van der Waals surface area contributed by atoms with Gasteiger partial charge in [0, 0.05) is 25.3 Å². The number of hydrogen-bond acceptors (Lipinski definition) is 5. The zero-order chi connectivity index (χ0) is 13.8. The molecule has 6 heteroatoms. The summed E-state index contributed by atoms with van der Waals surface area (Å²) in [7, 11) is 1.42. The minimum atomic E-state index is -0.245. The van der Waals surface area contributed by atoms with Gasteiger partial charge in [-0.3, -0.25) is 4.98 Å². The molecule has 1 amide bonds. The fraction of sp³-hybridized carbons (Fsp3) is 0.615. The molecular weight excluding hydrogens is 244 g/mol. The smallest absolute Gasteiger partial charge is 0.409 e. The summed E-state index contributed by atoms with van der Waals surface area (Å²) in [5.74, 6) is 0.844. The lowest BCUT2D eigenvalue weighted by Gasteiger charge is -2.31. The van der Waals surface area contributed by atoms with Crippen molar-refractivity contribution in [3.63, 3.8) is 0 Å². The van der Waals surface area contributed by atoms with E-state index in [1.807, 2.05) is 13.8 Å². The molecule has 0 aliphatic carbocycles. The third kappa shape index (κ3) is 3.33. The first-order valence-electron chi connectivity index (χ1n) is 6.50. The average Bonchev–Trinajstić information content (AvgIpc) is 2.43. The molecule has 2 rings (SSSR count). The van der Waals surface area contributed by atoms with Crippen LogP contribution in [0.2, 0.25) is 0 Å². The number of amides is 1. The molecule has 0 radical (unpaired) electrons. The van der Waals surface area contributed by atoms with Crippen LogP contribution in [0.25, 0.3) is 0 Å². The molecule has 0 spiro atoms. The molecule has 1 aromatic rings. The van der Waals surface area contributed by atoms with Crippen molar-refractivity contribution in [3.8, 4) is 0 Å². The maximum Gasteiger partial charge on any atom is 0.409 e. The highest BCUT2D eigenvalue weighted by atomic mass is 16.5. The Morgan fingerprint density at radius 2 is 2.11 bits per heavy atom. The van der Waals surface area contributed by atoms with Gasteiger partial charge in [0.2, 0.25) is 0 Å². The van der Waals surface area contributed by atoms with E-state index in [4.69, 9.17) is 4.74 Å². The second-order valence-corrected chi connectivity index (χ2v) is 4.82.